The molecule has 2 N–H and O–H groups in total. The molecule has 0 fully saturated rings. The normalized spacial score (nSPS) is 12.5. The lowest BCUT2D eigenvalue weighted by Crippen LogP contribution is -2.38. The minimum absolute atomic E-state index is 0.0274. The van der Waals surface area contributed by atoms with Gasteiger partial charge in [-0.05, 0) is 25.5 Å². The highest BCUT2D eigenvalue weighted by atomic mass is 32.2. The van der Waals surface area contributed by atoms with Crippen molar-refractivity contribution in [2.75, 3.05) is 12.4 Å². The summed E-state index contributed by atoms with van der Waals surface area (Å²) < 4.78 is 2.11. The van der Waals surface area contributed by atoms with Crippen LogP contribution in [0.1, 0.15) is 20.3 Å². The summed E-state index contributed by atoms with van der Waals surface area (Å²) in [4.78, 5) is 16.5. The molecule has 2 aromatic rings. The first kappa shape index (κ1) is 15.9. The number of nitrogens with one attached hydrogen (secondary N) is 1. The Hall–Kier alpha value is -1.53. The minimum atomic E-state index is -0.164. The second-order valence-corrected chi connectivity index (χ2v) is 5.71. The van der Waals surface area contributed by atoms with Crippen molar-refractivity contribution < 1.29 is 9.90 Å². The number of thioether (sulfide) groups is 1. The second kappa shape index (κ2) is 7.47. The molecular formula is C15H21N3O2S. The fraction of sp³-hybridized carbons (Fsp3) is 0.467. The van der Waals surface area contributed by atoms with E-state index in [0.29, 0.717) is 5.75 Å². The van der Waals surface area contributed by atoms with Crippen LogP contribution in [-0.2, 0) is 11.3 Å². The van der Waals surface area contributed by atoms with E-state index in [0.717, 1.165) is 29.2 Å². The number of aliphatic hydroxyl groups is 1. The maximum absolute atomic E-state index is 11.9. The number of para-hydroxylation sites is 2. The van der Waals surface area contributed by atoms with Gasteiger partial charge in [-0.25, -0.2) is 4.98 Å². The number of benzene rings is 1. The van der Waals surface area contributed by atoms with Crippen molar-refractivity contribution in [3.63, 3.8) is 0 Å². The maximum atomic E-state index is 11.9. The van der Waals surface area contributed by atoms with Gasteiger partial charge in [0.15, 0.2) is 5.16 Å². The lowest BCUT2D eigenvalue weighted by atomic mass is 10.2. The van der Waals surface area contributed by atoms with Crippen LogP contribution in [0.3, 0.4) is 0 Å². The first-order valence-corrected chi connectivity index (χ1v) is 8.16. The highest BCUT2D eigenvalue weighted by Gasteiger charge is 2.13. The number of nitrogens with zero attached hydrogens (tertiary/aromatic N) is 2. The largest absolute Gasteiger partial charge is 0.394 e. The van der Waals surface area contributed by atoms with E-state index < -0.39 is 0 Å². The number of rotatable bonds is 7. The van der Waals surface area contributed by atoms with Crippen LogP contribution < -0.4 is 5.32 Å². The number of fused-ring (bicyclic) bond motifs is 1. The summed E-state index contributed by atoms with van der Waals surface area (Å²) in [6, 6.07) is 7.80. The molecule has 114 valence electrons. The van der Waals surface area contributed by atoms with Crippen molar-refractivity contribution in [3.05, 3.63) is 24.3 Å². The third-order valence-electron chi connectivity index (χ3n) is 3.35. The van der Waals surface area contributed by atoms with Crippen molar-refractivity contribution in [1.82, 2.24) is 14.9 Å². The van der Waals surface area contributed by atoms with Gasteiger partial charge in [0.05, 0.1) is 29.4 Å². The van der Waals surface area contributed by atoms with Crippen LogP contribution in [0.25, 0.3) is 11.0 Å². The number of aryl methyl sites for hydroxylation is 1. The average Bonchev–Trinajstić information content (AvgIpc) is 2.88. The Morgan fingerprint density at radius 2 is 2.19 bits per heavy atom. The van der Waals surface area contributed by atoms with Crippen LogP contribution in [0.4, 0.5) is 0 Å². The first-order chi connectivity index (χ1) is 10.2. The summed E-state index contributed by atoms with van der Waals surface area (Å²) in [5, 5.41) is 12.8. The van der Waals surface area contributed by atoms with E-state index in [9.17, 15) is 4.79 Å². The molecule has 6 heteroatoms. The molecule has 0 aliphatic heterocycles. The monoisotopic (exact) mass is 307 g/mol. The molecule has 1 amide bonds. The summed E-state index contributed by atoms with van der Waals surface area (Å²) in [5.41, 5.74) is 2.04. The van der Waals surface area contributed by atoms with Crippen LogP contribution in [0.5, 0.6) is 0 Å². The number of carbonyl (C=O) groups is 1. The Balaban J connectivity index is 2.04. The quantitative estimate of drug-likeness (QED) is 0.768. The molecule has 0 aliphatic rings. The summed E-state index contributed by atoms with van der Waals surface area (Å²) in [5.74, 6) is 0.232. The number of aromatic nitrogens is 2. The third kappa shape index (κ3) is 3.77. The van der Waals surface area contributed by atoms with E-state index in [1.54, 1.807) is 0 Å². The van der Waals surface area contributed by atoms with E-state index in [4.69, 9.17) is 5.11 Å². The number of imidazole rings is 1. The van der Waals surface area contributed by atoms with Gasteiger partial charge >= 0.3 is 0 Å². The fourth-order valence-electron chi connectivity index (χ4n) is 2.15. The standard InChI is InChI=1S/C15H21N3O2S/c1-3-11(9-19)16-14(20)10-21-15-17-12-7-5-6-8-13(12)18(15)4-2/h5-8,11,19H,3-4,9-10H2,1-2H3,(H,16,20). The van der Waals surface area contributed by atoms with Gasteiger partial charge in [0, 0.05) is 6.54 Å². The Bertz CT molecular complexity index is 608. The minimum Gasteiger partial charge on any atom is -0.394 e. The summed E-state index contributed by atoms with van der Waals surface area (Å²) in [6.45, 7) is 4.79. The molecule has 0 radical (unpaired) electrons. The zero-order valence-corrected chi connectivity index (χ0v) is 13.2. The molecule has 1 aromatic carbocycles. The predicted octanol–water partition coefficient (Wildman–Crippen LogP) is 2.04. The number of carbonyl (C=O) groups excluding carboxylic acids is 1. The van der Waals surface area contributed by atoms with Gasteiger partial charge in [0.25, 0.3) is 0 Å². The van der Waals surface area contributed by atoms with Crippen LogP contribution >= 0.6 is 11.8 Å². The van der Waals surface area contributed by atoms with E-state index >= 15 is 0 Å². The van der Waals surface area contributed by atoms with Crippen molar-refractivity contribution in [2.24, 2.45) is 0 Å². The number of amides is 1. The van der Waals surface area contributed by atoms with Crippen molar-refractivity contribution in [3.8, 4) is 0 Å². The molecule has 0 saturated carbocycles. The summed E-state index contributed by atoms with van der Waals surface area (Å²) >= 11 is 1.43. The molecule has 1 atom stereocenters. The zero-order chi connectivity index (χ0) is 15.2. The fourth-order valence-corrected chi connectivity index (χ4v) is 3.04. The van der Waals surface area contributed by atoms with Crippen molar-refractivity contribution in [1.29, 1.82) is 0 Å². The molecule has 5 nitrogen and oxygen atoms in total. The lowest BCUT2D eigenvalue weighted by Gasteiger charge is -2.13. The Labute approximate surface area is 128 Å². The van der Waals surface area contributed by atoms with Gasteiger partial charge < -0.3 is 15.0 Å². The summed E-state index contributed by atoms with van der Waals surface area (Å²) in [6.07, 6.45) is 0.723. The molecule has 1 aromatic heterocycles. The third-order valence-corrected chi connectivity index (χ3v) is 4.32. The molecule has 0 spiro atoms. The maximum Gasteiger partial charge on any atom is 0.230 e. The molecule has 2 rings (SSSR count). The molecule has 0 bridgehead atoms. The average molecular weight is 307 g/mol. The smallest absolute Gasteiger partial charge is 0.230 e. The van der Waals surface area contributed by atoms with E-state index in [-0.39, 0.29) is 18.6 Å². The Kier molecular flexibility index (Phi) is 5.64. The first-order valence-electron chi connectivity index (χ1n) is 7.17. The van der Waals surface area contributed by atoms with Crippen LogP contribution in [0, 0.1) is 0 Å². The lowest BCUT2D eigenvalue weighted by molar-refractivity contribution is -0.119. The molecule has 21 heavy (non-hydrogen) atoms. The number of hydrogen-bond acceptors (Lipinski definition) is 4. The summed E-state index contributed by atoms with van der Waals surface area (Å²) in [7, 11) is 0. The number of hydrogen-bond donors (Lipinski definition) is 2. The molecule has 0 saturated heterocycles. The molecular weight excluding hydrogens is 286 g/mol. The van der Waals surface area contributed by atoms with Crippen LogP contribution in [0.2, 0.25) is 0 Å². The Morgan fingerprint density at radius 3 is 2.86 bits per heavy atom. The number of aliphatic hydroxyl groups excluding tert-OH is 1. The zero-order valence-electron chi connectivity index (χ0n) is 12.4. The van der Waals surface area contributed by atoms with Crippen LogP contribution in [0.15, 0.2) is 29.4 Å². The Morgan fingerprint density at radius 1 is 1.43 bits per heavy atom. The van der Waals surface area contributed by atoms with Crippen LogP contribution in [-0.4, -0.2) is 39.0 Å². The highest BCUT2D eigenvalue weighted by Crippen LogP contribution is 2.23. The van der Waals surface area contributed by atoms with Gasteiger partial charge in [-0.3, -0.25) is 4.79 Å². The predicted molar refractivity (Wildman–Crippen MR) is 85.4 cm³/mol. The molecule has 1 unspecified atom stereocenters. The SMILES string of the molecule is CCC(CO)NC(=O)CSc1nc2ccccc2n1CC. The van der Waals surface area contributed by atoms with Gasteiger partial charge in [-0.15, -0.1) is 0 Å². The van der Waals surface area contributed by atoms with Gasteiger partial charge in [-0.1, -0.05) is 30.8 Å². The second-order valence-electron chi connectivity index (χ2n) is 4.77. The highest BCUT2D eigenvalue weighted by molar-refractivity contribution is 7.99. The van der Waals surface area contributed by atoms with Gasteiger partial charge in [-0.2, -0.15) is 0 Å². The molecule has 0 aliphatic carbocycles. The van der Waals surface area contributed by atoms with Crippen molar-refractivity contribution >= 4 is 28.7 Å². The van der Waals surface area contributed by atoms with E-state index in [1.165, 1.54) is 11.8 Å². The van der Waals surface area contributed by atoms with Crippen molar-refractivity contribution in [2.45, 2.75) is 38.0 Å². The van der Waals surface area contributed by atoms with Gasteiger partial charge in [0.2, 0.25) is 5.91 Å². The van der Waals surface area contributed by atoms with Gasteiger partial charge in [0.1, 0.15) is 0 Å². The topological polar surface area (TPSA) is 67.2 Å². The van der Waals surface area contributed by atoms with E-state index in [1.807, 2.05) is 31.2 Å². The molecule has 1 heterocycles. The van der Waals surface area contributed by atoms with E-state index in [2.05, 4.69) is 21.8 Å².